The Kier molecular flexibility index (Phi) is 3.29. The van der Waals surface area contributed by atoms with Crippen molar-refractivity contribution in [2.75, 3.05) is 11.1 Å². The van der Waals surface area contributed by atoms with Gasteiger partial charge in [0.05, 0.1) is 17.1 Å². The number of carbonyl (C=O) groups excluding carboxylic acids is 1. The SMILES string of the molecule is Cc1nn(C)c(C)c1NC(=O)c1cccc(N)c1C. The lowest BCUT2D eigenvalue weighted by Gasteiger charge is -2.09. The van der Waals surface area contributed by atoms with Gasteiger partial charge in [0.1, 0.15) is 0 Å². The van der Waals surface area contributed by atoms with Crippen LogP contribution in [0.1, 0.15) is 27.3 Å². The fourth-order valence-electron chi connectivity index (χ4n) is 2.03. The van der Waals surface area contributed by atoms with Crippen LogP contribution in [-0.2, 0) is 7.05 Å². The number of carbonyl (C=O) groups is 1. The predicted octanol–water partition coefficient (Wildman–Crippen LogP) is 2.18. The summed E-state index contributed by atoms with van der Waals surface area (Å²) in [6.07, 6.45) is 0. The molecule has 19 heavy (non-hydrogen) atoms. The lowest BCUT2D eigenvalue weighted by Crippen LogP contribution is -2.15. The maximum absolute atomic E-state index is 12.3. The van der Waals surface area contributed by atoms with Gasteiger partial charge in [0.2, 0.25) is 0 Å². The van der Waals surface area contributed by atoms with E-state index in [-0.39, 0.29) is 5.91 Å². The van der Waals surface area contributed by atoms with Gasteiger partial charge in [0, 0.05) is 18.3 Å². The summed E-state index contributed by atoms with van der Waals surface area (Å²) >= 11 is 0. The largest absolute Gasteiger partial charge is 0.398 e. The Hall–Kier alpha value is -2.30. The number of benzene rings is 1. The molecule has 0 aliphatic carbocycles. The summed E-state index contributed by atoms with van der Waals surface area (Å²) < 4.78 is 1.75. The quantitative estimate of drug-likeness (QED) is 0.811. The maximum Gasteiger partial charge on any atom is 0.256 e. The van der Waals surface area contributed by atoms with Gasteiger partial charge in [-0.1, -0.05) is 6.07 Å². The monoisotopic (exact) mass is 258 g/mol. The zero-order chi connectivity index (χ0) is 14.2. The van der Waals surface area contributed by atoms with E-state index in [4.69, 9.17) is 5.73 Å². The number of hydrogen-bond donors (Lipinski definition) is 2. The van der Waals surface area contributed by atoms with Crippen molar-refractivity contribution in [3.05, 3.63) is 40.7 Å². The molecule has 0 bridgehead atoms. The summed E-state index contributed by atoms with van der Waals surface area (Å²) in [6, 6.07) is 5.33. The lowest BCUT2D eigenvalue weighted by molar-refractivity contribution is 0.102. The topological polar surface area (TPSA) is 72.9 Å². The van der Waals surface area contributed by atoms with E-state index >= 15 is 0 Å². The molecule has 1 aromatic carbocycles. The van der Waals surface area contributed by atoms with Gasteiger partial charge in [-0.3, -0.25) is 9.48 Å². The number of aromatic nitrogens is 2. The van der Waals surface area contributed by atoms with Crippen molar-refractivity contribution >= 4 is 17.3 Å². The van der Waals surface area contributed by atoms with Gasteiger partial charge < -0.3 is 11.1 Å². The van der Waals surface area contributed by atoms with Crippen LogP contribution in [-0.4, -0.2) is 15.7 Å². The van der Waals surface area contributed by atoms with E-state index in [0.717, 1.165) is 22.6 Å². The first-order chi connectivity index (χ1) is 8.91. The number of hydrogen-bond acceptors (Lipinski definition) is 3. The summed E-state index contributed by atoms with van der Waals surface area (Å²) in [6.45, 7) is 5.63. The number of aryl methyl sites for hydroxylation is 2. The summed E-state index contributed by atoms with van der Waals surface area (Å²) in [5, 5.41) is 7.18. The molecule has 0 aliphatic rings. The van der Waals surface area contributed by atoms with E-state index in [1.165, 1.54) is 0 Å². The standard InChI is InChI=1S/C14H18N4O/c1-8-11(6-5-7-12(8)15)14(19)16-13-9(2)17-18(4)10(13)3/h5-7H,15H2,1-4H3,(H,16,19). The molecule has 5 heteroatoms. The Bertz CT molecular complexity index is 643. The molecule has 0 saturated heterocycles. The number of anilines is 2. The molecule has 0 unspecified atom stereocenters. The van der Waals surface area contributed by atoms with Gasteiger partial charge >= 0.3 is 0 Å². The van der Waals surface area contributed by atoms with Crippen molar-refractivity contribution in [1.29, 1.82) is 0 Å². The maximum atomic E-state index is 12.3. The Morgan fingerprint density at radius 1 is 1.32 bits per heavy atom. The second-order valence-corrected chi connectivity index (χ2v) is 4.64. The molecule has 1 amide bonds. The minimum atomic E-state index is -0.163. The smallest absolute Gasteiger partial charge is 0.256 e. The van der Waals surface area contributed by atoms with E-state index in [1.807, 2.05) is 27.8 Å². The number of nitrogens with two attached hydrogens (primary N) is 1. The lowest BCUT2D eigenvalue weighted by atomic mass is 10.1. The second-order valence-electron chi connectivity index (χ2n) is 4.64. The third kappa shape index (κ3) is 2.31. The highest BCUT2D eigenvalue weighted by Gasteiger charge is 2.15. The summed E-state index contributed by atoms with van der Waals surface area (Å²) in [7, 11) is 1.85. The summed E-state index contributed by atoms with van der Waals surface area (Å²) in [5.41, 5.74) is 10.3. The van der Waals surface area contributed by atoms with Crippen LogP contribution >= 0.6 is 0 Å². The molecule has 0 spiro atoms. The highest BCUT2D eigenvalue weighted by Crippen LogP contribution is 2.21. The number of rotatable bonds is 2. The molecule has 5 nitrogen and oxygen atoms in total. The third-order valence-corrected chi connectivity index (χ3v) is 3.37. The van der Waals surface area contributed by atoms with Crippen molar-refractivity contribution in [1.82, 2.24) is 9.78 Å². The zero-order valence-electron chi connectivity index (χ0n) is 11.6. The highest BCUT2D eigenvalue weighted by molar-refractivity contribution is 6.06. The van der Waals surface area contributed by atoms with Crippen molar-refractivity contribution in [3.8, 4) is 0 Å². The fourth-order valence-corrected chi connectivity index (χ4v) is 2.03. The molecule has 2 aromatic rings. The molecule has 1 aromatic heterocycles. The molecular formula is C14H18N4O. The van der Waals surface area contributed by atoms with E-state index in [2.05, 4.69) is 10.4 Å². The molecule has 0 atom stereocenters. The average Bonchev–Trinajstić information content (AvgIpc) is 2.59. The number of nitrogens with one attached hydrogen (secondary N) is 1. The molecule has 3 N–H and O–H groups in total. The van der Waals surface area contributed by atoms with Crippen molar-refractivity contribution in [3.63, 3.8) is 0 Å². The van der Waals surface area contributed by atoms with Gasteiger partial charge in [-0.15, -0.1) is 0 Å². The van der Waals surface area contributed by atoms with Gasteiger partial charge in [0.15, 0.2) is 0 Å². The Morgan fingerprint density at radius 2 is 2.00 bits per heavy atom. The average molecular weight is 258 g/mol. The zero-order valence-corrected chi connectivity index (χ0v) is 11.6. The number of nitrogens with zero attached hydrogens (tertiary/aromatic N) is 2. The molecule has 0 fully saturated rings. The molecule has 0 saturated carbocycles. The summed E-state index contributed by atoms with van der Waals surface area (Å²) in [5.74, 6) is -0.163. The first kappa shape index (κ1) is 13.1. The van der Waals surface area contributed by atoms with Crippen LogP contribution in [0, 0.1) is 20.8 Å². The molecule has 1 heterocycles. The van der Waals surface area contributed by atoms with Gasteiger partial charge in [0.25, 0.3) is 5.91 Å². The van der Waals surface area contributed by atoms with Gasteiger partial charge in [-0.2, -0.15) is 5.10 Å². The van der Waals surface area contributed by atoms with Crippen LogP contribution in [0.3, 0.4) is 0 Å². The van der Waals surface area contributed by atoms with Crippen LogP contribution in [0.2, 0.25) is 0 Å². The van der Waals surface area contributed by atoms with Crippen molar-refractivity contribution < 1.29 is 4.79 Å². The van der Waals surface area contributed by atoms with E-state index in [9.17, 15) is 4.79 Å². The second kappa shape index (κ2) is 4.76. The van der Waals surface area contributed by atoms with Crippen LogP contribution in [0.4, 0.5) is 11.4 Å². The predicted molar refractivity (Wildman–Crippen MR) is 76.2 cm³/mol. The van der Waals surface area contributed by atoms with Crippen LogP contribution in [0.5, 0.6) is 0 Å². The van der Waals surface area contributed by atoms with Crippen LogP contribution in [0.15, 0.2) is 18.2 Å². The Labute approximate surface area is 112 Å². The molecule has 2 rings (SSSR count). The Morgan fingerprint density at radius 3 is 2.58 bits per heavy atom. The molecule has 0 aliphatic heterocycles. The highest BCUT2D eigenvalue weighted by atomic mass is 16.1. The fraction of sp³-hybridized carbons (Fsp3) is 0.286. The first-order valence-electron chi connectivity index (χ1n) is 6.08. The normalized spacial score (nSPS) is 10.5. The number of amides is 1. The third-order valence-electron chi connectivity index (χ3n) is 3.37. The molecule has 0 radical (unpaired) electrons. The van der Waals surface area contributed by atoms with Crippen molar-refractivity contribution in [2.24, 2.45) is 7.05 Å². The minimum Gasteiger partial charge on any atom is -0.398 e. The Balaban J connectivity index is 2.34. The number of nitrogen functional groups attached to an aromatic ring is 1. The van der Waals surface area contributed by atoms with Crippen molar-refractivity contribution in [2.45, 2.75) is 20.8 Å². The van der Waals surface area contributed by atoms with Crippen LogP contribution in [0.25, 0.3) is 0 Å². The van der Waals surface area contributed by atoms with E-state index in [0.29, 0.717) is 11.3 Å². The first-order valence-corrected chi connectivity index (χ1v) is 6.08. The molecule has 100 valence electrons. The minimum absolute atomic E-state index is 0.163. The van der Waals surface area contributed by atoms with E-state index in [1.54, 1.807) is 22.9 Å². The van der Waals surface area contributed by atoms with Crippen LogP contribution < -0.4 is 11.1 Å². The van der Waals surface area contributed by atoms with E-state index < -0.39 is 0 Å². The van der Waals surface area contributed by atoms with Gasteiger partial charge in [-0.25, -0.2) is 0 Å². The molecular weight excluding hydrogens is 240 g/mol. The van der Waals surface area contributed by atoms with Gasteiger partial charge in [-0.05, 0) is 38.5 Å². The summed E-state index contributed by atoms with van der Waals surface area (Å²) in [4.78, 5) is 12.3.